The second-order valence-electron chi connectivity index (χ2n) is 5.80. The zero-order valence-electron chi connectivity index (χ0n) is 13.4. The molecule has 126 valence electrons. The number of phenolic OH excluding ortho intramolecular Hbond substituents is 1. The van der Waals surface area contributed by atoms with Crippen molar-refractivity contribution in [1.29, 1.82) is 0 Å². The lowest BCUT2D eigenvalue weighted by molar-refractivity contribution is -0.140. The Balaban J connectivity index is 1.50. The highest BCUT2D eigenvalue weighted by Crippen LogP contribution is 2.16. The summed E-state index contributed by atoms with van der Waals surface area (Å²) in [5.74, 6) is 0.685. The van der Waals surface area contributed by atoms with Gasteiger partial charge in [-0.05, 0) is 29.8 Å². The SMILES string of the molecule is O=C(COc1ccc(O)cc1)N1CCOC(Cc2ccccc2)C1. The van der Waals surface area contributed by atoms with Crippen LogP contribution in [0.4, 0.5) is 0 Å². The molecule has 1 unspecified atom stereocenters. The molecular formula is C19H21NO4. The lowest BCUT2D eigenvalue weighted by atomic mass is 10.1. The fraction of sp³-hybridized carbons (Fsp3) is 0.316. The molecule has 5 nitrogen and oxygen atoms in total. The molecule has 2 aromatic carbocycles. The number of hydrogen-bond acceptors (Lipinski definition) is 4. The molecule has 5 heteroatoms. The molecule has 1 fully saturated rings. The van der Waals surface area contributed by atoms with Crippen LogP contribution in [0, 0.1) is 0 Å². The van der Waals surface area contributed by atoms with Crippen LogP contribution in [0.15, 0.2) is 54.6 Å². The largest absolute Gasteiger partial charge is 0.508 e. The van der Waals surface area contributed by atoms with Gasteiger partial charge in [-0.1, -0.05) is 30.3 Å². The Hall–Kier alpha value is -2.53. The van der Waals surface area contributed by atoms with E-state index in [0.29, 0.717) is 25.4 Å². The van der Waals surface area contributed by atoms with Gasteiger partial charge in [0.2, 0.25) is 0 Å². The van der Waals surface area contributed by atoms with E-state index < -0.39 is 0 Å². The summed E-state index contributed by atoms with van der Waals surface area (Å²) in [4.78, 5) is 14.1. The van der Waals surface area contributed by atoms with Crippen LogP contribution < -0.4 is 4.74 Å². The van der Waals surface area contributed by atoms with Crippen molar-refractivity contribution in [1.82, 2.24) is 4.90 Å². The van der Waals surface area contributed by atoms with Crippen LogP contribution in [0.2, 0.25) is 0 Å². The quantitative estimate of drug-likeness (QED) is 0.915. The number of aromatic hydroxyl groups is 1. The Labute approximate surface area is 141 Å². The molecule has 0 saturated carbocycles. The first-order valence-corrected chi connectivity index (χ1v) is 8.06. The molecule has 0 radical (unpaired) electrons. The van der Waals surface area contributed by atoms with Gasteiger partial charge in [0.15, 0.2) is 6.61 Å². The molecule has 24 heavy (non-hydrogen) atoms. The fourth-order valence-corrected chi connectivity index (χ4v) is 2.73. The minimum absolute atomic E-state index is 0.0111. The standard InChI is InChI=1S/C19H21NO4/c21-16-6-8-17(9-7-16)24-14-19(22)20-10-11-23-18(13-20)12-15-4-2-1-3-5-15/h1-9,18,21H,10-14H2. The number of hydrogen-bond donors (Lipinski definition) is 1. The highest BCUT2D eigenvalue weighted by molar-refractivity contribution is 5.77. The van der Waals surface area contributed by atoms with Crippen LogP contribution in [0.5, 0.6) is 11.5 Å². The van der Waals surface area contributed by atoms with Gasteiger partial charge in [-0.2, -0.15) is 0 Å². The number of phenols is 1. The van der Waals surface area contributed by atoms with Gasteiger partial charge in [0, 0.05) is 19.5 Å². The summed E-state index contributed by atoms with van der Waals surface area (Å²) in [5.41, 5.74) is 1.21. The van der Waals surface area contributed by atoms with E-state index in [9.17, 15) is 9.90 Å². The van der Waals surface area contributed by atoms with Gasteiger partial charge in [0.25, 0.3) is 5.91 Å². The van der Waals surface area contributed by atoms with Crippen LogP contribution >= 0.6 is 0 Å². The minimum atomic E-state index is -0.0514. The van der Waals surface area contributed by atoms with Crippen LogP contribution in [0.3, 0.4) is 0 Å². The van der Waals surface area contributed by atoms with Crippen molar-refractivity contribution >= 4 is 5.91 Å². The third-order valence-electron chi connectivity index (χ3n) is 4.00. The highest BCUT2D eigenvalue weighted by Gasteiger charge is 2.24. The summed E-state index contributed by atoms with van der Waals surface area (Å²) in [6, 6.07) is 16.5. The molecule has 3 rings (SSSR count). The summed E-state index contributed by atoms with van der Waals surface area (Å²) in [6.07, 6.45) is 0.808. The molecule has 0 aromatic heterocycles. The first-order chi connectivity index (χ1) is 11.7. The van der Waals surface area contributed by atoms with Crippen LogP contribution in [0.1, 0.15) is 5.56 Å². The minimum Gasteiger partial charge on any atom is -0.508 e. The number of amides is 1. The van der Waals surface area contributed by atoms with E-state index in [0.717, 1.165) is 6.42 Å². The number of carbonyl (C=O) groups excluding carboxylic acids is 1. The molecule has 1 atom stereocenters. The lowest BCUT2D eigenvalue weighted by Crippen LogP contribution is -2.47. The van der Waals surface area contributed by atoms with Gasteiger partial charge < -0.3 is 19.5 Å². The molecular weight excluding hydrogens is 306 g/mol. The molecule has 1 amide bonds. The predicted molar refractivity (Wildman–Crippen MR) is 90.1 cm³/mol. The van der Waals surface area contributed by atoms with Crippen molar-refractivity contribution in [3.63, 3.8) is 0 Å². The van der Waals surface area contributed by atoms with E-state index in [1.807, 2.05) is 18.2 Å². The first kappa shape index (κ1) is 16.3. The van der Waals surface area contributed by atoms with Gasteiger partial charge >= 0.3 is 0 Å². The maximum atomic E-state index is 12.3. The van der Waals surface area contributed by atoms with E-state index in [1.165, 1.54) is 17.7 Å². The number of ether oxygens (including phenoxy) is 2. The van der Waals surface area contributed by atoms with E-state index in [4.69, 9.17) is 9.47 Å². The third-order valence-corrected chi connectivity index (χ3v) is 4.00. The van der Waals surface area contributed by atoms with Crippen LogP contribution in [0.25, 0.3) is 0 Å². The van der Waals surface area contributed by atoms with Gasteiger partial charge in [-0.25, -0.2) is 0 Å². The highest BCUT2D eigenvalue weighted by atomic mass is 16.5. The van der Waals surface area contributed by atoms with Crippen molar-refractivity contribution in [2.24, 2.45) is 0 Å². The molecule has 1 heterocycles. The van der Waals surface area contributed by atoms with Gasteiger partial charge in [-0.15, -0.1) is 0 Å². The summed E-state index contributed by atoms with van der Waals surface area (Å²) in [5, 5.41) is 9.24. The lowest BCUT2D eigenvalue weighted by Gasteiger charge is -2.33. The maximum Gasteiger partial charge on any atom is 0.260 e. The molecule has 1 aliphatic rings. The number of nitrogens with zero attached hydrogens (tertiary/aromatic N) is 1. The monoisotopic (exact) mass is 327 g/mol. The Morgan fingerprint density at radius 3 is 2.67 bits per heavy atom. The molecule has 2 aromatic rings. The van der Waals surface area contributed by atoms with Crippen molar-refractivity contribution in [3.05, 3.63) is 60.2 Å². The second-order valence-corrected chi connectivity index (χ2v) is 5.80. The number of benzene rings is 2. The summed E-state index contributed by atoms with van der Waals surface area (Å²) in [6.45, 7) is 1.70. The summed E-state index contributed by atoms with van der Waals surface area (Å²) in [7, 11) is 0. The summed E-state index contributed by atoms with van der Waals surface area (Å²) < 4.78 is 11.3. The molecule has 0 aliphatic carbocycles. The smallest absolute Gasteiger partial charge is 0.260 e. The topological polar surface area (TPSA) is 59.0 Å². The van der Waals surface area contributed by atoms with Gasteiger partial charge in [-0.3, -0.25) is 4.79 Å². The second kappa shape index (κ2) is 7.84. The first-order valence-electron chi connectivity index (χ1n) is 8.06. The fourth-order valence-electron chi connectivity index (χ4n) is 2.73. The van der Waals surface area contributed by atoms with Crippen molar-refractivity contribution in [2.75, 3.05) is 26.3 Å². The van der Waals surface area contributed by atoms with Gasteiger partial charge in [0.05, 0.1) is 12.7 Å². The summed E-state index contributed by atoms with van der Waals surface area (Å²) >= 11 is 0. The van der Waals surface area contributed by atoms with Crippen LogP contribution in [-0.2, 0) is 16.0 Å². The van der Waals surface area contributed by atoms with Gasteiger partial charge in [0.1, 0.15) is 11.5 Å². The average Bonchev–Trinajstić information content (AvgIpc) is 2.62. The normalized spacial score (nSPS) is 17.5. The average molecular weight is 327 g/mol. The number of carbonyl (C=O) groups is 1. The van der Waals surface area contributed by atoms with Crippen molar-refractivity contribution in [2.45, 2.75) is 12.5 Å². The molecule has 0 spiro atoms. The Kier molecular flexibility index (Phi) is 5.33. The third kappa shape index (κ3) is 4.49. The van der Waals surface area contributed by atoms with E-state index in [-0.39, 0.29) is 24.4 Å². The zero-order valence-corrected chi connectivity index (χ0v) is 13.4. The Morgan fingerprint density at radius 1 is 1.17 bits per heavy atom. The van der Waals surface area contributed by atoms with Crippen molar-refractivity contribution in [3.8, 4) is 11.5 Å². The van der Waals surface area contributed by atoms with E-state index in [1.54, 1.807) is 17.0 Å². The molecule has 1 saturated heterocycles. The van der Waals surface area contributed by atoms with Crippen molar-refractivity contribution < 1.29 is 19.4 Å². The van der Waals surface area contributed by atoms with E-state index in [2.05, 4.69) is 12.1 Å². The van der Waals surface area contributed by atoms with Crippen LogP contribution in [-0.4, -0.2) is 48.3 Å². The number of morpholine rings is 1. The molecule has 1 aliphatic heterocycles. The number of rotatable bonds is 5. The maximum absolute atomic E-state index is 12.3. The molecule has 0 bridgehead atoms. The van der Waals surface area contributed by atoms with E-state index >= 15 is 0 Å². The Bertz CT molecular complexity index is 657. The Morgan fingerprint density at radius 2 is 1.92 bits per heavy atom. The predicted octanol–water partition coefficient (Wildman–Crippen LogP) is 2.24. The zero-order chi connectivity index (χ0) is 16.8. The molecule has 1 N–H and O–H groups in total.